The van der Waals surface area contributed by atoms with E-state index in [1.165, 1.54) is 11.1 Å². The van der Waals surface area contributed by atoms with Crippen LogP contribution in [0.2, 0.25) is 5.02 Å². The Morgan fingerprint density at radius 1 is 1.00 bits per heavy atom. The van der Waals surface area contributed by atoms with Crippen LogP contribution in [-0.4, -0.2) is 46.8 Å². The van der Waals surface area contributed by atoms with Gasteiger partial charge in [0, 0.05) is 11.4 Å². The summed E-state index contributed by atoms with van der Waals surface area (Å²) in [6.07, 6.45) is -2.49. The average Bonchev–Trinajstić information content (AvgIpc) is 3.29. The molecule has 7 heteroatoms. The number of aliphatic hydroxyl groups is 3. The van der Waals surface area contributed by atoms with E-state index in [0.717, 1.165) is 22.4 Å². The number of hydrogen-bond donors (Lipinski definition) is 3. The third kappa shape index (κ3) is 5.38. The van der Waals surface area contributed by atoms with E-state index in [2.05, 4.69) is 12.1 Å². The van der Waals surface area contributed by atoms with Gasteiger partial charge in [-0.05, 0) is 52.4 Å². The van der Waals surface area contributed by atoms with Gasteiger partial charge in [-0.1, -0.05) is 60.1 Å². The molecule has 0 spiro atoms. The number of ether oxygens (including phenoxy) is 3. The summed E-state index contributed by atoms with van der Waals surface area (Å²) in [5.41, 5.74) is 5.26. The summed E-state index contributed by atoms with van der Waals surface area (Å²) in [6.45, 7) is 0.721. The first-order chi connectivity index (χ1) is 17.0. The van der Waals surface area contributed by atoms with Gasteiger partial charge in [0.25, 0.3) is 0 Å². The standard InChI is InChI=1S/C28H29ClO6/c29-23-10-7-18(25-13-24(31)28(32)26(14-30)35-25)12-20(23)11-17-5-8-21(9-6-17)33-16-27-22-4-2-1-3-19(22)15-34-27/h1-10,12,24-28,30-32H,11,13-16H2/t24?,25?,26?,27?,28-/m0/s1. The Labute approximate surface area is 209 Å². The first kappa shape index (κ1) is 24.3. The zero-order valence-electron chi connectivity index (χ0n) is 19.2. The molecule has 4 unspecified atom stereocenters. The summed E-state index contributed by atoms with van der Waals surface area (Å²) in [7, 11) is 0. The molecule has 35 heavy (non-hydrogen) atoms. The minimum atomic E-state index is -1.10. The number of fused-ring (bicyclic) bond motifs is 1. The summed E-state index contributed by atoms with van der Waals surface area (Å²) >= 11 is 6.48. The second kappa shape index (κ2) is 10.7. The van der Waals surface area contributed by atoms with Crippen LogP contribution in [0.15, 0.2) is 66.7 Å². The highest BCUT2D eigenvalue weighted by Gasteiger charge is 2.37. The summed E-state index contributed by atoms with van der Waals surface area (Å²) in [4.78, 5) is 0. The van der Waals surface area contributed by atoms with Crippen LogP contribution in [0.4, 0.5) is 0 Å². The lowest BCUT2D eigenvalue weighted by molar-refractivity contribution is -0.181. The van der Waals surface area contributed by atoms with E-state index in [1.54, 1.807) is 0 Å². The Bertz CT molecular complexity index is 1150. The number of halogens is 1. The van der Waals surface area contributed by atoms with Gasteiger partial charge < -0.3 is 29.5 Å². The fourth-order valence-electron chi connectivity index (χ4n) is 4.74. The molecule has 184 valence electrons. The Balaban J connectivity index is 1.23. The lowest BCUT2D eigenvalue weighted by atomic mass is 9.92. The molecular weight excluding hydrogens is 468 g/mol. The van der Waals surface area contributed by atoms with Crippen molar-refractivity contribution >= 4 is 11.6 Å². The van der Waals surface area contributed by atoms with Crippen LogP contribution < -0.4 is 4.74 Å². The Morgan fingerprint density at radius 3 is 2.60 bits per heavy atom. The lowest BCUT2D eigenvalue weighted by Crippen LogP contribution is -2.47. The zero-order chi connectivity index (χ0) is 24.4. The van der Waals surface area contributed by atoms with E-state index in [0.29, 0.717) is 24.7 Å². The fourth-order valence-corrected chi connectivity index (χ4v) is 4.93. The average molecular weight is 497 g/mol. The van der Waals surface area contributed by atoms with E-state index in [1.807, 2.05) is 54.6 Å². The second-order valence-corrected chi connectivity index (χ2v) is 9.53. The van der Waals surface area contributed by atoms with Gasteiger partial charge in [-0.25, -0.2) is 0 Å². The van der Waals surface area contributed by atoms with E-state index in [9.17, 15) is 15.3 Å². The van der Waals surface area contributed by atoms with Crippen molar-refractivity contribution in [3.8, 4) is 5.75 Å². The molecule has 3 aromatic rings. The minimum Gasteiger partial charge on any atom is -0.491 e. The summed E-state index contributed by atoms with van der Waals surface area (Å²) in [5.74, 6) is 0.778. The molecule has 0 saturated carbocycles. The molecular formula is C28H29ClO6. The molecule has 0 amide bonds. The number of hydrogen-bond acceptors (Lipinski definition) is 6. The molecule has 1 fully saturated rings. The van der Waals surface area contributed by atoms with E-state index in [-0.39, 0.29) is 19.1 Å². The quantitative estimate of drug-likeness (QED) is 0.456. The van der Waals surface area contributed by atoms with Gasteiger partial charge in [-0.15, -0.1) is 0 Å². The maximum absolute atomic E-state index is 10.2. The lowest BCUT2D eigenvalue weighted by Gasteiger charge is -2.36. The molecule has 5 rings (SSSR count). The maximum atomic E-state index is 10.2. The normalized spacial score (nSPS) is 25.9. The van der Waals surface area contributed by atoms with E-state index < -0.39 is 24.4 Å². The molecule has 0 aliphatic carbocycles. The van der Waals surface area contributed by atoms with Crippen molar-refractivity contribution in [1.82, 2.24) is 0 Å². The van der Waals surface area contributed by atoms with Crippen LogP contribution in [0, 0.1) is 0 Å². The van der Waals surface area contributed by atoms with Crippen molar-refractivity contribution in [2.75, 3.05) is 13.2 Å². The summed E-state index contributed by atoms with van der Waals surface area (Å²) < 4.78 is 17.7. The zero-order valence-corrected chi connectivity index (χ0v) is 20.0. The largest absolute Gasteiger partial charge is 0.491 e. The predicted octanol–water partition coefficient (Wildman–Crippen LogP) is 4.13. The maximum Gasteiger partial charge on any atom is 0.119 e. The fraction of sp³-hybridized carbons (Fsp3) is 0.357. The van der Waals surface area contributed by atoms with Gasteiger partial charge in [0.1, 0.15) is 30.7 Å². The highest BCUT2D eigenvalue weighted by atomic mass is 35.5. The van der Waals surface area contributed by atoms with Crippen molar-refractivity contribution in [3.63, 3.8) is 0 Å². The van der Waals surface area contributed by atoms with Gasteiger partial charge in [0.15, 0.2) is 0 Å². The third-order valence-electron chi connectivity index (χ3n) is 6.75. The Kier molecular flexibility index (Phi) is 7.39. The molecule has 2 aliphatic rings. The van der Waals surface area contributed by atoms with Crippen molar-refractivity contribution in [2.24, 2.45) is 0 Å². The number of aliphatic hydroxyl groups excluding tert-OH is 3. The molecule has 6 nitrogen and oxygen atoms in total. The number of rotatable bonds is 7. The minimum absolute atomic E-state index is 0.0560. The van der Waals surface area contributed by atoms with Crippen molar-refractivity contribution in [2.45, 2.75) is 50.0 Å². The van der Waals surface area contributed by atoms with Gasteiger partial charge in [-0.3, -0.25) is 0 Å². The third-order valence-corrected chi connectivity index (χ3v) is 7.12. The van der Waals surface area contributed by atoms with Crippen molar-refractivity contribution in [3.05, 3.63) is 99.6 Å². The molecule has 2 aliphatic heterocycles. The predicted molar refractivity (Wildman–Crippen MR) is 131 cm³/mol. The molecule has 1 saturated heterocycles. The molecule has 0 aromatic heterocycles. The van der Waals surface area contributed by atoms with Crippen LogP contribution in [0.25, 0.3) is 0 Å². The molecule has 3 N–H and O–H groups in total. The summed E-state index contributed by atoms with van der Waals surface area (Å²) in [6, 6.07) is 21.8. The van der Waals surface area contributed by atoms with Crippen LogP contribution >= 0.6 is 11.6 Å². The monoisotopic (exact) mass is 496 g/mol. The highest BCUT2D eigenvalue weighted by Crippen LogP contribution is 2.34. The van der Waals surface area contributed by atoms with Crippen molar-refractivity contribution in [1.29, 1.82) is 0 Å². The van der Waals surface area contributed by atoms with E-state index in [4.69, 9.17) is 25.8 Å². The second-order valence-electron chi connectivity index (χ2n) is 9.12. The molecule has 2 heterocycles. The SMILES string of the molecule is OCC1OC(c2ccc(Cl)c(Cc3ccc(OCC4OCc5ccccc54)cc3)c2)CC(O)[C@@H]1O. The van der Waals surface area contributed by atoms with Gasteiger partial charge in [0.2, 0.25) is 0 Å². The van der Waals surface area contributed by atoms with Gasteiger partial charge in [0.05, 0.1) is 25.4 Å². The first-order valence-electron chi connectivity index (χ1n) is 11.8. The molecule has 3 aromatic carbocycles. The molecule has 0 bridgehead atoms. The van der Waals surface area contributed by atoms with Gasteiger partial charge in [-0.2, -0.15) is 0 Å². The summed E-state index contributed by atoms with van der Waals surface area (Å²) in [5, 5.41) is 30.3. The molecule has 5 atom stereocenters. The van der Waals surface area contributed by atoms with Crippen LogP contribution in [0.5, 0.6) is 5.75 Å². The first-order valence-corrected chi connectivity index (χ1v) is 12.2. The molecule has 0 radical (unpaired) electrons. The Morgan fingerprint density at radius 2 is 1.80 bits per heavy atom. The highest BCUT2D eigenvalue weighted by molar-refractivity contribution is 6.31. The smallest absolute Gasteiger partial charge is 0.119 e. The Hall–Kier alpha value is -2.45. The topological polar surface area (TPSA) is 88.4 Å². The number of benzene rings is 3. The van der Waals surface area contributed by atoms with Gasteiger partial charge >= 0.3 is 0 Å². The van der Waals surface area contributed by atoms with Crippen molar-refractivity contribution < 1.29 is 29.5 Å². The van der Waals surface area contributed by atoms with Crippen LogP contribution in [0.1, 0.15) is 46.4 Å². The van der Waals surface area contributed by atoms with E-state index >= 15 is 0 Å². The van der Waals surface area contributed by atoms with Crippen LogP contribution in [-0.2, 0) is 22.5 Å². The van der Waals surface area contributed by atoms with Crippen LogP contribution in [0.3, 0.4) is 0 Å².